The number of carbonyl (C=O) groups is 1. The summed E-state index contributed by atoms with van der Waals surface area (Å²) in [6.07, 6.45) is 2.89. The molecule has 0 aliphatic rings. The van der Waals surface area contributed by atoms with Crippen LogP contribution in [0.2, 0.25) is 0 Å². The minimum Gasteiger partial charge on any atom is -0.271 e. The van der Waals surface area contributed by atoms with Gasteiger partial charge in [0.05, 0.1) is 22.5 Å². The van der Waals surface area contributed by atoms with Crippen molar-refractivity contribution in [2.24, 2.45) is 5.10 Å². The molecule has 0 saturated carbocycles. The standard InChI is InChI=1S/C21H19FN4O3S/c1-16-9-11-18(12-10-16)30(28,29)26(20-8-3-2-7-19(20)22)15-21(27)25-24-14-17-6-4-5-13-23-17/h2-14H,15H2,1H3,(H,25,27)/b24-14+. The molecular weight excluding hydrogens is 407 g/mol. The third-order valence-electron chi connectivity index (χ3n) is 4.09. The highest BCUT2D eigenvalue weighted by Gasteiger charge is 2.29. The van der Waals surface area contributed by atoms with Crippen molar-refractivity contribution in [3.8, 4) is 0 Å². The maximum atomic E-state index is 14.4. The molecule has 3 rings (SSSR count). The van der Waals surface area contributed by atoms with Gasteiger partial charge in [-0.15, -0.1) is 0 Å². The SMILES string of the molecule is Cc1ccc(S(=O)(=O)N(CC(=O)N/N=C/c2ccccn2)c2ccccc2F)cc1. The molecule has 3 aromatic rings. The van der Waals surface area contributed by atoms with Gasteiger partial charge in [0, 0.05) is 6.20 Å². The van der Waals surface area contributed by atoms with Crippen LogP contribution >= 0.6 is 0 Å². The number of hydrazone groups is 1. The fourth-order valence-electron chi connectivity index (χ4n) is 2.58. The van der Waals surface area contributed by atoms with E-state index in [1.54, 1.807) is 36.5 Å². The highest BCUT2D eigenvalue weighted by Crippen LogP contribution is 2.26. The molecule has 9 heteroatoms. The minimum absolute atomic E-state index is 0.0545. The third kappa shape index (κ3) is 5.06. The lowest BCUT2D eigenvalue weighted by atomic mass is 10.2. The van der Waals surface area contributed by atoms with Crippen LogP contribution in [0.1, 0.15) is 11.3 Å². The van der Waals surface area contributed by atoms with Crippen LogP contribution in [0.25, 0.3) is 0 Å². The van der Waals surface area contributed by atoms with Gasteiger partial charge in [-0.2, -0.15) is 5.10 Å². The third-order valence-corrected chi connectivity index (χ3v) is 5.87. The summed E-state index contributed by atoms with van der Waals surface area (Å²) in [5, 5.41) is 3.77. The van der Waals surface area contributed by atoms with Crippen molar-refractivity contribution in [1.82, 2.24) is 10.4 Å². The lowest BCUT2D eigenvalue weighted by Crippen LogP contribution is -2.40. The maximum Gasteiger partial charge on any atom is 0.264 e. The zero-order valence-electron chi connectivity index (χ0n) is 16.1. The minimum atomic E-state index is -4.20. The molecule has 0 atom stereocenters. The molecule has 1 aromatic heterocycles. The fourth-order valence-corrected chi connectivity index (χ4v) is 4.01. The predicted octanol–water partition coefficient (Wildman–Crippen LogP) is 2.87. The van der Waals surface area contributed by atoms with Crippen molar-refractivity contribution >= 4 is 27.8 Å². The topological polar surface area (TPSA) is 91.7 Å². The Hall–Kier alpha value is -3.59. The summed E-state index contributed by atoms with van der Waals surface area (Å²) in [7, 11) is -4.20. The van der Waals surface area contributed by atoms with Crippen LogP contribution in [0.4, 0.5) is 10.1 Å². The summed E-state index contributed by atoms with van der Waals surface area (Å²) in [6.45, 7) is 1.16. The van der Waals surface area contributed by atoms with Crippen molar-refractivity contribution in [3.63, 3.8) is 0 Å². The number of halogens is 1. The molecule has 0 unspecified atom stereocenters. The average Bonchev–Trinajstić information content (AvgIpc) is 2.74. The number of rotatable bonds is 7. The van der Waals surface area contributed by atoms with Crippen molar-refractivity contribution in [1.29, 1.82) is 0 Å². The van der Waals surface area contributed by atoms with E-state index in [2.05, 4.69) is 15.5 Å². The average molecular weight is 426 g/mol. The van der Waals surface area contributed by atoms with E-state index in [1.165, 1.54) is 36.5 Å². The molecule has 7 nitrogen and oxygen atoms in total. The number of hydrogen-bond acceptors (Lipinski definition) is 5. The van der Waals surface area contributed by atoms with E-state index in [0.717, 1.165) is 15.9 Å². The zero-order chi connectivity index (χ0) is 21.6. The number of para-hydroxylation sites is 1. The molecule has 154 valence electrons. The number of hydrogen-bond donors (Lipinski definition) is 1. The second-order valence-corrected chi connectivity index (χ2v) is 8.19. The van der Waals surface area contributed by atoms with Crippen LogP contribution in [0.5, 0.6) is 0 Å². The second kappa shape index (κ2) is 9.27. The summed E-state index contributed by atoms with van der Waals surface area (Å²) >= 11 is 0. The van der Waals surface area contributed by atoms with Gasteiger partial charge in [0.1, 0.15) is 12.4 Å². The van der Waals surface area contributed by atoms with Crippen molar-refractivity contribution in [2.45, 2.75) is 11.8 Å². The quantitative estimate of drug-likeness (QED) is 0.465. The highest BCUT2D eigenvalue weighted by atomic mass is 32.2. The first kappa shape index (κ1) is 21.1. The van der Waals surface area contributed by atoms with Gasteiger partial charge < -0.3 is 0 Å². The van der Waals surface area contributed by atoms with Gasteiger partial charge in [0.2, 0.25) is 0 Å². The van der Waals surface area contributed by atoms with E-state index >= 15 is 0 Å². The van der Waals surface area contributed by atoms with Crippen molar-refractivity contribution < 1.29 is 17.6 Å². The predicted molar refractivity (Wildman–Crippen MR) is 112 cm³/mol. The van der Waals surface area contributed by atoms with Gasteiger partial charge in [-0.3, -0.25) is 14.1 Å². The van der Waals surface area contributed by atoms with Gasteiger partial charge in [0.15, 0.2) is 0 Å². The first-order chi connectivity index (χ1) is 14.4. The molecule has 0 fully saturated rings. The van der Waals surface area contributed by atoms with Crippen molar-refractivity contribution in [3.05, 3.63) is 90.0 Å². The van der Waals surface area contributed by atoms with E-state index < -0.39 is 28.3 Å². The Morgan fingerprint density at radius 2 is 1.80 bits per heavy atom. The first-order valence-electron chi connectivity index (χ1n) is 8.95. The van der Waals surface area contributed by atoms with Crippen LogP contribution in [-0.2, 0) is 14.8 Å². The van der Waals surface area contributed by atoms with E-state index in [0.29, 0.717) is 5.69 Å². The van der Waals surface area contributed by atoms with E-state index in [1.807, 2.05) is 6.92 Å². The summed E-state index contributed by atoms with van der Waals surface area (Å²) in [4.78, 5) is 16.4. The first-order valence-corrected chi connectivity index (χ1v) is 10.4. The maximum absolute atomic E-state index is 14.4. The van der Waals surface area contributed by atoms with Crippen LogP contribution in [0.3, 0.4) is 0 Å². The van der Waals surface area contributed by atoms with Crippen LogP contribution in [0, 0.1) is 12.7 Å². The number of anilines is 1. The Morgan fingerprint density at radius 1 is 1.10 bits per heavy atom. The Labute approximate surface area is 173 Å². The number of sulfonamides is 1. The summed E-state index contributed by atoms with van der Waals surface area (Å²) in [6, 6.07) is 16.6. The number of pyridine rings is 1. The number of nitrogens with one attached hydrogen (secondary N) is 1. The summed E-state index contributed by atoms with van der Waals surface area (Å²) in [5.74, 6) is -1.50. The number of carbonyl (C=O) groups excluding carboxylic acids is 1. The smallest absolute Gasteiger partial charge is 0.264 e. The number of aromatic nitrogens is 1. The van der Waals surface area contributed by atoms with E-state index in [-0.39, 0.29) is 10.6 Å². The van der Waals surface area contributed by atoms with Gasteiger partial charge in [-0.1, -0.05) is 35.9 Å². The lowest BCUT2D eigenvalue weighted by molar-refractivity contribution is -0.119. The fraction of sp³-hybridized carbons (Fsp3) is 0.0952. The molecule has 30 heavy (non-hydrogen) atoms. The number of nitrogens with zero attached hydrogens (tertiary/aromatic N) is 3. The Kier molecular flexibility index (Phi) is 6.53. The van der Waals surface area contributed by atoms with Gasteiger partial charge >= 0.3 is 0 Å². The largest absolute Gasteiger partial charge is 0.271 e. The highest BCUT2D eigenvalue weighted by molar-refractivity contribution is 7.92. The Morgan fingerprint density at radius 3 is 2.47 bits per heavy atom. The molecule has 1 heterocycles. The lowest BCUT2D eigenvalue weighted by Gasteiger charge is -2.24. The molecule has 1 N–H and O–H groups in total. The number of benzene rings is 2. The van der Waals surface area contributed by atoms with Crippen LogP contribution < -0.4 is 9.73 Å². The normalized spacial score (nSPS) is 11.4. The van der Waals surface area contributed by atoms with Crippen LogP contribution in [-0.4, -0.2) is 32.1 Å². The summed E-state index contributed by atoms with van der Waals surface area (Å²) < 4.78 is 41.4. The molecule has 0 spiro atoms. The number of amides is 1. The Bertz CT molecular complexity index is 1150. The van der Waals surface area contributed by atoms with Gasteiger partial charge in [-0.25, -0.2) is 18.2 Å². The summed E-state index contributed by atoms with van der Waals surface area (Å²) in [5.41, 5.74) is 3.39. The molecule has 1 amide bonds. The molecule has 0 saturated heterocycles. The molecule has 0 aliphatic heterocycles. The van der Waals surface area contributed by atoms with Gasteiger partial charge in [-0.05, 0) is 43.3 Å². The van der Waals surface area contributed by atoms with Crippen LogP contribution in [0.15, 0.2) is 82.9 Å². The number of aryl methyl sites for hydroxylation is 1. The van der Waals surface area contributed by atoms with Gasteiger partial charge in [0.25, 0.3) is 15.9 Å². The molecule has 0 bridgehead atoms. The molecular formula is C21H19FN4O3S. The second-order valence-electron chi connectivity index (χ2n) is 6.32. The van der Waals surface area contributed by atoms with E-state index in [4.69, 9.17) is 0 Å². The van der Waals surface area contributed by atoms with E-state index in [9.17, 15) is 17.6 Å². The Balaban J connectivity index is 1.87. The molecule has 0 aliphatic carbocycles. The zero-order valence-corrected chi connectivity index (χ0v) is 16.9. The van der Waals surface area contributed by atoms with Crippen molar-refractivity contribution in [2.75, 3.05) is 10.8 Å². The molecule has 0 radical (unpaired) electrons. The monoisotopic (exact) mass is 426 g/mol. The molecule has 2 aromatic carbocycles.